The van der Waals surface area contributed by atoms with Gasteiger partial charge in [0, 0.05) is 30.4 Å². The van der Waals surface area contributed by atoms with Gasteiger partial charge in [-0.2, -0.15) is 4.98 Å². The molecule has 1 N–H and O–H groups in total. The predicted molar refractivity (Wildman–Crippen MR) is 90.4 cm³/mol. The fourth-order valence-electron chi connectivity index (χ4n) is 2.93. The minimum absolute atomic E-state index is 0.294. The van der Waals surface area contributed by atoms with E-state index >= 15 is 0 Å². The van der Waals surface area contributed by atoms with Gasteiger partial charge in [0.1, 0.15) is 5.82 Å². The summed E-state index contributed by atoms with van der Waals surface area (Å²) in [5.74, 6) is 1.86. The van der Waals surface area contributed by atoms with Gasteiger partial charge in [-0.3, -0.25) is 0 Å². The third-order valence-electron chi connectivity index (χ3n) is 4.17. The number of aliphatic hydroxyl groups excluding tert-OH is 1. The monoisotopic (exact) mass is 322 g/mol. The van der Waals surface area contributed by atoms with E-state index < -0.39 is 0 Å². The van der Waals surface area contributed by atoms with Crippen molar-refractivity contribution >= 4 is 5.82 Å². The van der Waals surface area contributed by atoms with Crippen LogP contribution in [-0.4, -0.2) is 39.4 Å². The lowest BCUT2D eigenvalue weighted by molar-refractivity contribution is 0.154. The molecule has 122 valence electrons. The quantitative estimate of drug-likeness (QED) is 0.799. The highest BCUT2D eigenvalue weighted by Gasteiger charge is 2.20. The highest BCUT2D eigenvalue weighted by atomic mass is 16.5. The van der Waals surface area contributed by atoms with Gasteiger partial charge in [0.25, 0.3) is 5.89 Å². The van der Waals surface area contributed by atoms with Crippen LogP contribution in [0.15, 0.2) is 53.2 Å². The van der Waals surface area contributed by atoms with Crippen LogP contribution in [0.1, 0.15) is 12.8 Å². The van der Waals surface area contributed by atoms with E-state index in [-0.39, 0.29) is 6.10 Å². The van der Waals surface area contributed by atoms with Crippen molar-refractivity contribution in [3.8, 4) is 22.8 Å². The topological polar surface area (TPSA) is 75.3 Å². The Kier molecular flexibility index (Phi) is 3.96. The van der Waals surface area contributed by atoms with Crippen molar-refractivity contribution in [2.45, 2.75) is 18.9 Å². The summed E-state index contributed by atoms with van der Waals surface area (Å²) in [5, 5.41) is 13.9. The number of aliphatic hydroxyl groups is 1. The molecule has 3 heterocycles. The zero-order chi connectivity index (χ0) is 16.4. The van der Waals surface area contributed by atoms with Crippen LogP contribution in [0.3, 0.4) is 0 Å². The first kappa shape index (κ1) is 14.8. The Bertz CT molecular complexity index is 819. The van der Waals surface area contributed by atoms with E-state index in [0.717, 1.165) is 36.3 Å². The normalized spacial score (nSPS) is 17.9. The molecule has 24 heavy (non-hydrogen) atoms. The second-order valence-corrected chi connectivity index (χ2v) is 5.93. The highest BCUT2D eigenvalue weighted by molar-refractivity contribution is 5.62. The van der Waals surface area contributed by atoms with Gasteiger partial charge >= 0.3 is 0 Å². The summed E-state index contributed by atoms with van der Waals surface area (Å²) in [6.07, 6.45) is 3.25. The molecule has 6 nitrogen and oxygen atoms in total. The summed E-state index contributed by atoms with van der Waals surface area (Å²) in [4.78, 5) is 11.0. The molecular formula is C18H18N4O2. The molecule has 0 radical (unpaired) electrons. The van der Waals surface area contributed by atoms with E-state index in [2.05, 4.69) is 20.0 Å². The highest BCUT2D eigenvalue weighted by Crippen LogP contribution is 2.25. The lowest BCUT2D eigenvalue weighted by Crippen LogP contribution is -2.38. The molecule has 1 unspecified atom stereocenters. The SMILES string of the molecule is OC1CCCN(c2cc(-c3nc(-c4ccccc4)no3)ccn2)C1. The zero-order valence-electron chi connectivity index (χ0n) is 13.2. The maximum Gasteiger partial charge on any atom is 0.258 e. The van der Waals surface area contributed by atoms with Crippen LogP contribution < -0.4 is 4.90 Å². The maximum absolute atomic E-state index is 9.85. The lowest BCUT2D eigenvalue weighted by Gasteiger charge is -2.31. The molecule has 1 aliphatic rings. The van der Waals surface area contributed by atoms with Gasteiger partial charge in [-0.25, -0.2) is 4.98 Å². The Morgan fingerprint density at radius 1 is 1.12 bits per heavy atom. The van der Waals surface area contributed by atoms with Crippen LogP contribution in [0, 0.1) is 0 Å². The van der Waals surface area contributed by atoms with Gasteiger partial charge in [0.2, 0.25) is 5.82 Å². The molecule has 3 aromatic rings. The summed E-state index contributed by atoms with van der Waals surface area (Å²) < 4.78 is 5.41. The lowest BCUT2D eigenvalue weighted by atomic mass is 10.1. The number of hydrogen-bond acceptors (Lipinski definition) is 6. The van der Waals surface area contributed by atoms with Gasteiger partial charge in [-0.05, 0) is 25.0 Å². The number of rotatable bonds is 3. The van der Waals surface area contributed by atoms with E-state index in [9.17, 15) is 5.11 Å². The summed E-state index contributed by atoms with van der Waals surface area (Å²) in [5.41, 5.74) is 1.75. The van der Waals surface area contributed by atoms with E-state index in [4.69, 9.17) is 4.52 Å². The first-order chi connectivity index (χ1) is 11.8. The Morgan fingerprint density at radius 2 is 2.00 bits per heavy atom. The Morgan fingerprint density at radius 3 is 2.83 bits per heavy atom. The van der Waals surface area contributed by atoms with Crippen molar-refractivity contribution in [3.05, 3.63) is 48.7 Å². The molecular weight excluding hydrogens is 304 g/mol. The van der Waals surface area contributed by atoms with Gasteiger partial charge in [-0.15, -0.1) is 0 Å². The minimum Gasteiger partial charge on any atom is -0.391 e. The molecule has 1 saturated heterocycles. The third kappa shape index (κ3) is 3.00. The molecule has 0 bridgehead atoms. The largest absolute Gasteiger partial charge is 0.391 e. The van der Waals surface area contributed by atoms with Crippen LogP contribution in [0.25, 0.3) is 22.8 Å². The van der Waals surface area contributed by atoms with Crippen molar-refractivity contribution in [2.75, 3.05) is 18.0 Å². The Balaban J connectivity index is 1.61. The number of aromatic nitrogens is 3. The molecule has 1 atom stereocenters. The molecule has 1 aliphatic heterocycles. The van der Waals surface area contributed by atoms with E-state index in [1.807, 2.05) is 42.5 Å². The number of hydrogen-bond donors (Lipinski definition) is 1. The van der Waals surface area contributed by atoms with Crippen molar-refractivity contribution in [1.29, 1.82) is 0 Å². The fourth-order valence-corrected chi connectivity index (χ4v) is 2.93. The number of benzene rings is 1. The first-order valence-corrected chi connectivity index (χ1v) is 8.08. The fraction of sp³-hybridized carbons (Fsp3) is 0.278. The van der Waals surface area contributed by atoms with E-state index in [1.165, 1.54) is 0 Å². The summed E-state index contributed by atoms with van der Waals surface area (Å²) in [6, 6.07) is 13.5. The van der Waals surface area contributed by atoms with Crippen molar-refractivity contribution < 1.29 is 9.63 Å². The molecule has 4 rings (SSSR count). The number of pyridine rings is 1. The maximum atomic E-state index is 9.85. The molecule has 6 heteroatoms. The number of β-amino-alcohol motifs (C(OH)–C–C–N with tert-alkyl or cyclic N) is 1. The Labute approximate surface area is 139 Å². The second-order valence-electron chi connectivity index (χ2n) is 5.93. The van der Waals surface area contributed by atoms with Gasteiger partial charge in [0.05, 0.1) is 6.10 Å². The average Bonchev–Trinajstić information content (AvgIpc) is 3.13. The summed E-state index contributed by atoms with van der Waals surface area (Å²) in [7, 11) is 0. The number of nitrogens with zero attached hydrogens (tertiary/aromatic N) is 4. The number of anilines is 1. The van der Waals surface area contributed by atoms with Crippen molar-refractivity contribution in [2.24, 2.45) is 0 Å². The molecule has 1 aromatic carbocycles. The van der Waals surface area contributed by atoms with Crippen LogP contribution in [0.2, 0.25) is 0 Å². The number of piperidine rings is 1. The minimum atomic E-state index is -0.294. The summed E-state index contributed by atoms with van der Waals surface area (Å²) >= 11 is 0. The van der Waals surface area contributed by atoms with Crippen molar-refractivity contribution in [3.63, 3.8) is 0 Å². The van der Waals surface area contributed by atoms with Crippen molar-refractivity contribution in [1.82, 2.24) is 15.1 Å². The molecule has 1 fully saturated rings. The molecule has 0 saturated carbocycles. The molecule has 0 amide bonds. The van der Waals surface area contributed by atoms with Gasteiger partial charge in [0.15, 0.2) is 0 Å². The van der Waals surface area contributed by atoms with Gasteiger partial charge in [-0.1, -0.05) is 35.5 Å². The zero-order valence-corrected chi connectivity index (χ0v) is 13.2. The molecule has 0 aliphatic carbocycles. The van der Waals surface area contributed by atoms with Gasteiger partial charge < -0.3 is 14.5 Å². The van der Waals surface area contributed by atoms with Crippen LogP contribution in [0.5, 0.6) is 0 Å². The smallest absolute Gasteiger partial charge is 0.258 e. The second kappa shape index (κ2) is 6.41. The average molecular weight is 322 g/mol. The standard InChI is InChI=1S/C18H18N4O2/c23-15-7-4-10-22(12-15)16-11-14(8-9-19-16)18-20-17(21-24-18)13-5-2-1-3-6-13/h1-3,5-6,8-9,11,15,23H,4,7,10,12H2. The van der Waals surface area contributed by atoms with Crippen LogP contribution in [0.4, 0.5) is 5.82 Å². The van der Waals surface area contributed by atoms with E-state index in [1.54, 1.807) is 6.20 Å². The first-order valence-electron chi connectivity index (χ1n) is 8.08. The third-order valence-corrected chi connectivity index (χ3v) is 4.17. The summed E-state index contributed by atoms with van der Waals surface area (Å²) in [6.45, 7) is 1.50. The van der Waals surface area contributed by atoms with Crippen LogP contribution in [-0.2, 0) is 0 Å². The molecule has 2 aromatic heterocycles. The van der Waals surface area contributed by atoms with Crippen LogP contribution >= 0.6 is 0 Å². The molecule has 0 spiro atoms. The Hall–Kier alpha value is -2.73. The predicted octanol–water partition coefficient (Wildman–Crippen LogP) is 2.76. The van der Waals surface area contributed by atoms with E-state index in [0.29, 0.717) is 18.3 Å².